The maximum absolute atomic E-state index is 2.35. The van der Waals surface area contributed by atoms with Gasteiger partial charge in [-0.05, 0) is 29.4 Å². The van der Waals surface area contributed by atoms with Gasteiger partial charge < -0.3 is 0 Å². The van der Waals surface area contributed by atoms with Gasteiger partial charge in [-0.3, -0.25) is 0 Å². The van der Waals surface area contributed by atoms with Gasteiger partial charge in [-0.25, -0.2) is 0 Å². The largest absolute Gasteiger partial charge is 0.144 e. The summed E-state index contributed by atoms with van der Waals surface area (Å²) in [5, 5.41) is 0. The third-order valence-electron chi connectivity index (χ3n) is 2.34. The van der Waals surface area contributed by atoms with Crippen molar-refractivity contribution in [1.29, 1.82) is 0 Å². The number of hydrogen-bond acceptors (Lipinski definition) is 1. The Labute approximate surface area is 92.4 Å². The second-order valence-corrected chi connectivity index (χ2v) is 7.17. The van der Waals surface area contributed by atoms with Gasteiger partial charge in [0.1, 0.15) is 0 Å². The fraction of sp³-hybridized carbons (Fsp3) is 0.692. The molecule has 0 aliphatic heterocycles. The van der Waals surface area contributed by atoms with E-state index in [0.717, 1.165) is 0 Å². The molecule has 0 aliphatic carbocycles. The summed E-state index contributed by atoms with van der Waals surface area (Å²) in [6.45, 7) is 15.9. The summed E-state index contributed by atoms with van der Waals surface area (Å²) in [5.41, 5.74) is 2.03. The zero-order chi connectivity index (χ0) is 11.1. The monoisotopic (exact) mass is 210 g/mol. The van der Waals surface area contributed by atoms with E-state index in [2.05, 4.69) is 54.5 Å². The maximum atomic E-state index is 2.35. The Morgan fingerprint density at radius 2 is 1.43 bits per heavy atom. The smallest absolute Gasteiger partial charge is 0.0131 e. The average Bonchev–Trinajstić information content (AvgIpc) is 2.27. The van der Waals surface area contributed by atoms with Gasteiger partial charge in [0.25, 0.3) is 0 Å². The molecule has 0 aliphatic rings. The molecule has 0 bridgehead atoms. The zero-order valence-electron chi connectivity index (χ0n) is 10.5. The molecule has 0 atom stereocenters. The van der Waals surface area contributed by atoms with Crippen molar-refractivity contribution in [3.8, 4) is 0 Å². The molecule has 1 aromatic heterocycles. The predicted octanol–water partition coefficient (Wildman–Crippen LogP) is 4.65. The molecule has 0 N–H and O–H groups in total. The molecule has 0 saturated heterocycles. The molecule has 0 spiro atoms. The highest BCUT2D eigenvalue weighted by Gasteiger charge is 2.23. The van der Waals surface area contributed by atoms with Gasteiger partial charge >= 0.3 is 0 Å². The Kier molecular flexibility index (Phi) is 2.84. The van der Waals surface area contributed by atoms with Gasteiger partial charge in [0.15, 0.2) is 0 Å². The minimum atomic E-state index is 0.290. The van der Waals surface area contributed by atoms with E-state index >= 15 is 0 Å². The lowest BCUT2D eigenvalue weighted by atomic mass is 9.90. The first-order valence-corrected chi connectivity index (χ1v) is 6.05. The van der Waals surface area contributed by atoms with Gasteiger partial charge in [0.05, 0.1) is 0 Å². The summed E-state index contributed by atoms with van der Waals surface area (Å²) in [6.07, 6.45) is 0. The van der Waals surface area contributed by atoms with Crippen LogP contribution in [0.15, 0.2) is 6.07 Å². The Balaban J connectivity index is 3.19. The Bertz CT molecular complexity index is 318. The Morgan fingerprint density at radius 3 is 1.64 bits per heavy atom. The molecule has 80 valence electrons. The molecule has 0 aromatic carbocycles. The van der Waals surface area contributed by atoms with Crippen molar-refractivity contribution in [3.05, 3.63) is 21.4 Å². The molecular weight excluding hydrogens is 188 g/mol. The Morgan fingerprint density at radius 1 is 0.929 bits per heavy atom. The maximum Gasteiger partial charge on any atom is 0.0131 e. The second kappa shape index (κ2) is 3.37. The number of hydrogen-bond donors (Lipinski definition) is 0. The average molecular weight is 210 g/mol. The first-order chi connectivity index (χ1) is 6.12. The van der Waals surface area contributed by atoms with E-state index in [0.29, 0.717) is 5.41 Å². The fourth-order valence-electron chi connectivity index (χ4n) is 1.60. The molecular formula is C13H22S. The highest BCUT2D eigenvalue weighted by atomic mass is 32.1. The second-order valence-electron chi connectivity index (χ2n) is 6.12. The van der Waals surface area contributed by atoms with Crippen LogP contribution in [0, 0.1) is 6.92 Å². The summed E-state index contributed by atoms with van der Waals surface area (Å²) in [5.74, 6) is 0. The van der Waals surface area contributed by atoms with Crippen LogP contribution in [0.5, 0.6) is 0 Å². The lowest BCUT2D eigenvalue weighted by molar-refractivity contribution is 0.600. The molecule has 0 unspecified atom stereocenters. The summed E-state index contributed by atoms with van der Waals surface area (Å²) >= 11 is 1.97. The molecule has 0 radical (unpaired) electrons. The van der Waals surface area contributed by atoms with Crippen LogP contribution in [0.3, 0.4) is 0 Å². The predicted molar refractivity (Wildman–Crippen MR) is 66.5 cm³/mol. The van der Waals surface area contributed by atoms with Gasteiger partial charge in [-0.1, -0.05) is 41.5 Å². The van der Waals surface area contributed by atoms with Crippen LogP contribution in [0.1, 0.15) is 56.9 Å². The van der Waals surface area contributed by atoms with Crippen molar-refractivity contribution in [2.24, 2.45) is 0 Å². The standard InChI is InChI=1S/C13H22S/c1-9-8-10(12(2,3)4)14-11(9)13(5,6)7/h8H,1-7H3. The van der Waals surface area contributed by atoms with Crippen LogP contribution in [0.25, 0.3) is 0 Å². The van der Waals surface area contributed by atoms with Crippen LogP contribution in [-0.4, -0.2) is 0 Å². The van der Waals surface area contributed by atoms with Crippen molar-refractivity contribution < 1.29 is 0 Å². The van der Waals surface area contributed by atoms with Crippen molar-refractivity contribution in [2.75, 3.05) is 0 Å². The summed E-state index contributed by atoms with van der Waals surface area (Å²) < 4.78 is 0. The van der Waals surface area contributed by atoms with Gasteiger partial charge in [0.2, 0.25) is 0 Å². The SMILES string of the molecule is Cc1cc(C(C)(C)C)sc1C(C)(C)C. The highest BCUT2D eigenvalue weighted by molar-refractivity contribution is 7.12. The molecule has 14 heavy (non-hydrogen) atoms. The van der Waals surface area contributed by atoms with Crippen molar-refractivity contribution in [1.82, 2.24) is 0 Å². The Hall–Kier alpha value is -0.300. The molecule has 0 saturated carbocycles. The minimum absolute atomic E-state index is 0.290. The number of aryl methyl sites for hydroxylation is 1. The van der Waals surface area contributed by atoms with Crippen molar-refractivity contribution in [3.63, 3.8) is 0 Å². The van der Waals surface area contributed by atoms with Crippen molar-refractivity contribution >= 4 is 11.3 Å². The third kappa shape index (κ3) is 2.38. The first-order valence-electron chi connectivity index (χ1n) is 5.24. The number of thiophene rings is 1. The van der Waals surface area contributed by atoms with Crippen LogP contribution in [0.4, 0.5) is 0 Å². The van der Waals surface area contributed by atoms with E-state index < -0.39 is 0 Å². The quantitative estimate of drug-likeness (QED) is 0.584. The topological polar surface area (TPSA) is 0 Å². The van der Waals surface area contributed by atoms with Crippen LogP contribution in [-0.2, 0) is 10.8 Å². The lowest BCUT2D eigenvalue weighted by Crippen LogP contribution is -2.10. The van der Waals surface area contributed by atoms with Gasteiger partial charge in [-0.15, -0.1) is 11.3 Å². The first kappa shape index (κ1) is 11.8. The molecule has 0 amide bonds. The molecule has 0 nitrogen and oxygen atoms in total. The van der Waals surface area contributed by atoms with E-state index in [9.17, 15) is 0 Å². The van der Waals surface area contributed by atoms with Crippen LogP contribution < -0.4 is 0 Å². The van der Waals surface area contributed by atoms with E-state index in [1.165, 1.54) is 15.3 Å². The third-order valence-corrected chi connectivity index (χ3v) is 4.43. The van der Waals surface area contributed by atoms with E-state index in [4.69, 9.17) is 0 Å². The van der Waals surface area contributed by atoms with E-state index in [-0.39, 0.29) is 5.41 Å². The van der Waals surface area contributed by atoms with Crippen LogP contribution in [0.2, 0.25) is 0 Å². The van der Waals surface area contributed by atoms with E-state index in [1.54, 1.807) is 0 Å². The fourth-order valence-corrected chi connectivity index (χ4v) is 2.88. The molecule has 1 heteroatoms. The number of rotatable bonds is 0. The molecule has 0 fully saturated rings. The summed E-state index contributed by atoms with van der Waals surface area (Å²) in [6, 6.07) is 2.35. The molecule has 1 aromatic rings. The van der Waals surface area contributed by atoms with Gasteiger partial charge in [-0.2, -0.15) is 0 Å². The normalized spacial score (nSPS) is 13.4. The molecule has 1 rings (SSSR count). The highest BCUT2D eigenvalue weighted by Crippen LogP contribution is 2.38. The zero-order valence-corrected chi connectivity index (χ0v) is 11.3. The molecule has 1 heterocycles. The van der Waals surface area contributed by atoms with E-state index in [1.807, 2.05) is 11.3 Å². The minimum Gasteiger partial charge on any atom is -0.144 e. The lowest BCUT2D eigenvalue weighted by Gasteiger charge is -2.19. The van der Waals surface area contributed by atoms with Gasteiger partial charge in [0, 0.05) is 9.75 Å². The van der Waals surface area contributed by atoms with Crippen molar-refractivity contribution in [2.45, 2.75) is 59.3 Å². The van der Waals surface area contributed by atoms with Crippen LogP contribution >= 0.6 is 11.3 Å². The summed E-state index contributed by atoms with van der Waals surface area (Å²) in [7, 11) is 0. The summed E-state index contributed by atoms with van der Waals surface area (Å²) in [4.78, 5) is 3.03.